The first kappa shape index (κ1) is 10.2. The zero-order valence-electron chi connectivity index (χ0n) is 8.46. The smallest absolute Gasteiger partial charge is 0.0302 e. The van der Waals surface area contributed by atoms with E-state index in [0.717, 1.165) is 19.4 Å². The number of nitrogens with two attached hydrogens (primary N) is 1. The van der Waals surface area contributed by atoms with E-state index in [0.29, 0.717) is 5.92 Å². The summed E-state index contributed by atoms with van der Waals surface area (Å²) >= 11 is 0. The van der Waals surface area contributed by atoms with Gasteiger partial charge in [-0.15, -0.1) is 0 Å². The van der Waals surface area contributed by atoms with E-state index in [-0.39, 0.29) is 0 Å². The van der Waals surface area contributed by atoms with Gasteiger partial charge in [-0.1, -0.05) is 19.9 Å². The van der Waals surface area contributed by atoms with E-state index < -0.39 is 0 Å². The predicted molar refractivity (Wildman–Crippen MR) is 55.7 cm³/mol. The third-order valence-electron chi connectivity index (χ3n) is 2.15. The molecule has 72 valence electrons. The first-order valence-electron chi connectivity index (χ1n) is 4.88. The van der Waals surface area contributed by atoms with Gasteiger partial charge in [0.05, 0.1) is 0 Å². The Balaban J connectivity index is 2.68. The molecule has 1 aromatic rings. The number of aromatic nitrogens is 1. The lowest BCUT2D eigenvalue weighted by Gasteiger charge is -2.06. The van der Waals surface area contributed by atoms with Crippen molar-refractivity contribution >= 4 is 0 Å². The largest absolute Gasteiger partial charge is 0.330 e. The summed E-state index contributed by atoms with van der Waals surface area (Å²) in [6.45, 7) is 5.12. The molecule has 0 fully saturated rings. The molecule has 0 aliphatic heterocycles. The second-order valence-corrected chi connectivity index (χ2v) is 3.67. The summed E-state index contributed by atoms with van der Waals surface area (Å²) in [4.78, 5) is 4.22. The molecule has 2 N–H and O–H groups in total. The molecule has 1 heterocycles. The number of hydrogen-bond donors (Lipinski definition) is 1. The molecule has 0 spiro atoms. The monoisotopic (exact) mass is 178 g/mol. The molecule has 2 nitrogen and oxygen atoms in total. The van der Waals surface area contributed by atoms with Crippen LogP contribution in [0.2, 0.25) is 0 Å². The predicted octanol–water partition coefficient (Wildman–Crippen LogP) is 2.10. The Labute approximate surface area is 80.2 Å². The fraction of sp³-hybridized carbons (Fsp3) is 0.545. The molecule has 0 aliphatic rings. The van der Waals surface area contributed by atoms with Crippen molar-refractivity contribution in [1.82, 2.24) is 4.98 Å². The second kappa shape index (κ2) is 4.97. The number of pyridine rings is 1. The molecule has 0 saturated carbocycles. The normalized spacial score (nSPS) is 10.8. The van der Waals surface area contributed by atoms with Crippen molar-refractivity contribution in [3.8, 4) is 0 Å². The van der Waals surface area contributed by atoms with Crippen molar-refractivity contribution in [2.24, 2.45) is 5.73 Å². The third-order valence-corrected chi connectivity index (χ3v) is 2.15. The fourth-order valence-electron chi connectivity index (χ4n) is 1.27. The number of rotatable bonds is 4. The molecule has 0 aromatic carbocycles. The minimum atomic E-state index is 0.560. The van der Waals surface area contributed by atoms with Crippen molar-refractivity contribution in [3.05, 3.63) is 29.6 Å². The molecular formula is C11H18N2. The van der Waals surface area contributed by atoms with Gasteiger partial charge in [-0.25, -0.2) is 0 Å². The van der Waals surface area contributed by atoms with Gasteiger partial charge >= 0.3 is 0 Å². The van der Waals surface area contributed by atoms with E-state index in [1.54, 1.807) is 0 Å². The van der Waals surface area contributed by atoms with Gasteiger partial charge in [0.1, 0.15) is 0 Å². The van der Waals surface area contributed by atoms with Crippen LogP contribution in [0.1, 0.15) is 37.3 Å². The second-order valence-electron chi connectivity index (χ2n) is 3.67. The molecular weight excluding hydrogens is 160 g/mol. The quantitative estimate of drug-likeness (QED) is 0.766. The lowest BCUT2D eigenvalue weighted by molar-refractivity contribution is 0.812. The van der Waals surface area contributed by atoms with Crippen molar-refractivity contribution in [2.75, 3.05) is 6.54 Å². The molecule has 0 saturated heterocycles. The van der Waals surface area contributed by atoms with E-state index >= 15 is 0 Å². The maximum atomic E-state index is 5.45. The number of nitrogens with zero attached hydrogens (tertiary/aromatic N) is 1. The van der Waals surface area contributed by atoms with Crippen LogP contribution in [-0.4, -0.2) is 11.5 Å². The van der Waals surface area contributed by atoms with E-state index in [1.807, 2.05) is 12.4 Å². The van der Waals surface area contributed by atoms with Gasteiger partial charge < -0.3 is 5.73 Å². The molecule has 0 aliphatic carbocycles. The summed E-state index contributed by atoms with van der Waals surface area (Å²) in [6, 6.07) is 2.23. The minimum Gasteiger partial charge on any atom is -0.330 e. The van der Waals surface area contributed by atoms with Crippen LogP contribution in [0.4, 0.5) is 0 Å². The molecule has 0 atom stereocenters. The van der Waals surface area contributed by atoms with Crippen molar-refractivity contribution < 1.29 is 0 Å². The summed E-state index contributed by atoms with van der Waals surface area (Å²) in [7, 11) is 0. The Bertz CT molecular complexity index is 256. The highest BCUT2D eigenvalue weighted by atomic mass is 14.6. The van der Waals surface area contributed by atoms with Crippen LogP contribution in [0.3, 0.4) is 0 Å². The zero-order chi connectivity index (χ0) is 9.68. The van der Waals surface area contributed by atoms with E-state index in [2.05, 4.69) is 24.9 Å². The Kier molecular flexibility index (Phi) is 3.90. The highest BCUT2D eigenvalue weighted by Crippen LogP contribution is 2.14. The van der Waals surface area contributed by atoms with Gasteiger partial charge in [-0.2, -0.15) is 0 Å². The van der Waals surface area contributed by atoms with Gasteiger partial charge in [0.15, 0.2) is 0 Å². The fourth-order valence-corrected chi connectivity index (χ4v) is 1.27. The Morgan fingerprint density at radius 1 is 1.38 bits per heavy atom. The lowest BCUT2D eigenvalue weighted by Crippen LogP contribution is -2.01. The van der Waals surface area contributed by atoms with E-state index in [1.165, 1.54) is 11.1 Å². The van der Waals surface area contributed by atoms with Crippen LogP contribution in [0.15, 0.2) is 18.5 Å². The molecule has 0 bridgehead atoms. The average molecular weight is 178 g/mol. The standard InChI is InChI=1S/C11H18N2/c1-9(2)11-6-10(4-3-5-12)7-13-8-11/h6-9H,3-5,12H2,1-2H3. The molecule has 0 radical (unpaired) electrons. The maximum absolute atomic E-state index is 5.45. The Morgan fingerprint density at radius 2 is 2.15 bits per heavy atom. The summed E-state index contributed by atoms with van der Waals surface area (Å²) in [5.41, 5.74) is 8.07. The lowest BCUT2D eigenvalue weighted by atomic mass is 10.0. The Morgan fingerprint density at radius 3 is 2.77 bits per heavy atom. The molecule has 2 heteroatoms. The first-order chi connectivity index (χ1) is 6.24. The van der Waals surface area contributed by atoms with Crippen molar-refractivity contribution in [3.63, 3.8) is 0 Å². The minimum absolute atomic E-state index is 0.560. The maximum Gasteiger partial charge on any atom is 0.0302 e. The highest BCUT2D eigenvalue weighted by Gasteiger charge is 2.00. The molecule has 0 unspecified atom stereocenters. The Hall–Kier alpha value is -0.890. The van der Waals surface area contributed by atoms with Gasteiger partial charge in [0, 0.05) is 12.4 Å². The van der Waals surface area contributed by atoms with Gasteiger partial charge in [-0.05, 0) is 36.4 Å². The summed E-state index contributed by atoms with van der Waals surface area (Å²) in [5.74, 6) is 0.560. The molecule has 1 rings (SSSR count). The topological polar surface area (TPSA) is 38.9 Å². The van der Waals surface area contributed by atoms with Crippen LogP contribution >= 0.6 is 0 Å². The highest BCUT2D eigenvalue weighted by molar-refractivity contribution is 5.20. The van der Waals surface area contributed by atoms with Crippen LogP contribution in [0, 0.1) is 0 Å². The summed E-state index contributed by atoms with van der Waals surface area (Å²) in [6.07, 6.45) is 5.96. The van der Waals surface area contributed by atoms with Crippen molar-refractivity contribution in [1.29, 1.82) is 0 Å². The van der Waals surface area contributed by atoms with Crippen LogP contribution in [0.5, 0.6) is 0 Å². The summed E-state index contributed by atoms with van der Waals surface area (Å²) in [5, 5.41) is 0. The molecule has 0 amide bonds. The third kappa shape index (κ3) is 3.15. The zero-order valence-corrected chi connectivity index (χ0v) is 8.46. The molecule has 13 heavy (non-hydrogen) atoms. The summed E-state index contributed by atoms with van der Waals surface area (Å²) < 4.78 is 0. The number of aryl methyl sites for hydroxylation is 1. The van der Waals surface area contributed by atoms with Gasteiger partial charge in [0.25, 0.3) is 0 Å². The molecule has 1 aromatic heterocycles. The van der Waals surface area contributed by atoms with Gasteiger partial charge in [-0.3, -0.25) is 4.98 Å². The average Bonchev–Trinajstić information content (AvgIpc) is 2.15. The SMILES string of the molecule is CC(C)c1cncc(CCCN)c1. The first-order valence-corrected chi connectivity index (χ1v) is 4.88. The van der Waals surface area contributed by atoms with Gasteiger partial charge in [0.2, 0.25) is 0 Å². The van der Waals surface area contributed by atoms with Crippen LogP contribution in [-0.2, 0) is 6.42 Å². The van der Waals surface area contributed by atoms with Crippen LogP contribution < -0.4 is 5.73 Å². The van der Waals surface area contributed by atoms with Crippen LogP contribution in [0.25, 0.3) is 0 Å². The van der Waals surface area contributed by atoms with E-state index in [9.17, 15) is 0 Å². The van der Waals surface area contributed by atoms with E-state index in [4.69, 9.17) is 5.73 Å². The van der Waals surface area contributed by atoms with Crippen molar-refractivity contribution in [2.45, 2.75) is 32.6 Å². The number of hydrogen-bond acceptors (Lipinski definition) is 2.